The molecule has 0 aromatic rings. The van der Waals surface area contributed by atoms with Crippen LogP contribution in [-0.2, 0) is 4.74 Å². The molecule has 0 fully saturated rings. The summed E-state index contributed by atoms with van der Waals surface area (Å²) in [5.41, 5.74) is 5.65. The van der Waals surface area contributed by atoms with Crippen LogP contribution >= 0.6 is 0 Å². The summed E-state index contributed by atoms with van der Waals surface area (Å²) in [6.07, 6.45) is 5.38. The van der Waals surface area contributed by atoms with Gasteiger partial charge in [0, 0.05) is 12.7 Å². The van der Waals surface area contributed by atoms with E-state index in [4.69, 9.17) is 0 Å². The molecule has 2 aliphatic heterocycles. The van der Waals surface area contributed by atoms with E-state index in [2.05, 4.69) is 20.6 Å². The minimum absolute atomic E-state index is 0.778. The first-order valence-electron chi connectivity index (χ1n) is 3.23. The molecule has 2 heterocycles. The Hall–Kier alpha value is -1.03. The molecule has 0 bridgehead atoms. The summed E-state index contributed by atoms with van der Waals surface area (Å²) in [7, 11) is 0. The van der Waals surface area contributed by atoms with Crippen LogP contribution in [0.2, 0.25) is 0 Å². The molecule has 4 nitrogen and oxygen atoms in total. The predicted molar refractivity (Wildman–Crippen MR) is 39.6 cm³/mol. The predicted octanol–water partition coefficient (Wildman–Crippen LogP) is -0.347. The number of ether oxygens (including phenoxy) is 1. The summed E-state index contributed by atoms with van der Waals surface area (Å²) in [4.78, 5) is 3.74. The Morgan fingerprint density at radius 3 is 2.70 bits per heavy atom. The van der Waals surface area contributed by atoms with Gasteiger partial charge in [-0.1, -0.05) is 6.08 Å². The van der Waals surface area contributed by atoms with E-state index in [0.717, 1.165) is 19.7 Å². The maximum absolute atomic E-state index is 4.65. The largest absolute Gasteiger partial charge is 0.482 e. The molecule has 4 heteroatoms. The highest BCUT2D eigenvalue weighted by Gasteiger charge is 1.84. The van der Waals surface area contributed by atoms with Gasteiger partial charge in [0.15, 0.2) is 6.40 Å². The number of hydrogen-bond acceptors (Lipinski definition) is 4. The Morgan fingerprint density at radius 1 is 1.50 bits per heavy atom. The van der Waals surface area contributed by atoms with Gasteiger partial charge in [0.25, 0.3) is 0 Å². The maximum atomic E-state index is 4.65. The molecule has 0 aromatic carbocycles. The number of rotatable bonds is 0. The van der Waals surface area contributed by atoms with Gasteiger partial charge < -0.3 is 10.2 Å². The Kier molecular flexibility index (Phi) is 3.41. The fourth-order valence-electron chi connectivity index (χ4n) is 0.558. The lowest BCUT2D eigenvalue weighted by Crippen LogP contribution is -2.19. The quantitative estimate of drug-likeness (QED) is 0.485. The van der Waals surface area contributed by atoms with Crippen molar-refractivity contribution < 1.29 is 4.74 Å². The first-order chi connectivity index (χ1) is 5.00. The smallest absolute Gasteiger partial charge is 0.169 e. The van der Waals surface area contributed by atoms with Crippen LogP contribution in [0, 0.1) is 0 Å². The molecule has 0 amide bonds. The molecule has 0 radical (unpaired) electrons. The van der Waals surface area contributed by atoms with Gasteiger partial charge in [-0.2, -0.15) is 0 Å². The molecular formula is C6H11N3O. The summed E-state index contributed by atoms with van der Waals surface area (Å²) in [5.74, 6) is 0. The molecule has 10 heavy (non-hydrogen) atoms. The van der Waals surface area contributed by atoms with Crippen LogP contribution in [-0.4, -0.2) is 26.1 Å². The molecule has 2 aliphatic rings. The monoisotopic (exact) mass is 141 g/mol. The van der Waals surface area contributed by atoms with Gasteiger partial charge in [0.1, 0.15) is 6.61 Å². The fourth-order valence-corrected chi connectivity index (χ4v) is 0.558. The third-order valence-electron chi connectivity index (χ3n) is 1.01. The number of aliphatic imine (C=N–C) groups is 1. The summed E-state index contributed by atoms with van der Waals surface area (Å²) in [5, 5.41) is 0. The summed E-state index contributed by atoms with van der Waals surface area (Å²) in [6, 6.07) is 0. The van der Waals surface area contributed by atoms with Crippen molar-refractivity contribution in [2.45, 2.75) is 0 Å². The minimum atomic E-state index is 0.778. The molecule has 0 unspecified atom stereocenters. The molecular weight excluding hydrogens is 130 g/mol. The second-order valence-electron chi connectivity index (χ2n) is 1.81. The number of hydrogen-bond donors (Lipinski definition) is 2. The normalized spacial score (nSPS) is 19.2. The third kappa shape index (κ3) is 3.09. The lowest BCUT2D eigenvalue weighted by Gasteiger charge is -1.83. The van der Waals surface area contributed by atoms with Crippen molar-refractivity contribution in [3.63, 3.8) is 0 Å². The molecule has 0 aromatic heterocycles. The Labute approximate surface area is 59.9 Å². The molecule has 0 saturated heterocycles. The van der Waals surface area contributed by atoms with Crippen molar-refractivity contribution in [1.29, 1.82) is 0 Å². The summed E-state index contributed by atoms with van der Waals surface area (Å²) < 4.78 is 4.65. The van der Waals surface area contributed by atoms with Crippen molar-refractivity contribution >= 4 is 6.40 Å². The van der Waals surface area contributed by atoms with E-state index in [0.29, 0.717) is 0 Å². The lowest BCUT2D eigenvalue weighted by atomic mass is 10.7. The number of nitrogens with zero attached hydrogens (tertiary/aromatic N) is 1. The van der Waals surface area contributed by atoms with Crippen molar-refractivity contribution in [1.82, 2.24) is 10.9 Å². The number of hydrazine groups is 1. The van der Waals surface area contributed by atoms with E-state index < -0.39 is 0 Å². The van der Waals surface area contributed by atoms with Crippen molar-refractivity contribution in [2.75, 3.05) is 19.7 Å². The fraction of sp³-hybridized carbons (Fsp3) is 0.500. The van der Waals surface area contributed by atoms with Crippen LogP contribution in [0.3, 0.4) is 0 Å². The molecule has 0 aliphatic carbocycles. The second kappa shape index (κ2) is 4.81. The Balaban J connectivity index is 0.0000001000. The average molecular weight is 141 g/mol. The zero-order valence-electron chi connectivity index (χ0n) is 5.71. The Morgan fingerprint density at radius 2 is 2.50 bits per heavy atom. The van der Waals surface area contributed by atoms with E-state index in [-0.39, 0.29) is 0 Å². The van der Waals surface area contributed by atoms with Crippen LogP contribution in [0.1, 0.15) is 0 Å². The molecule has 0 atom stereocenters. The molecule has 2 rings (SSSR count). The summed E-state index contributed by atoms with van der Waals surface area (Å²) >= 11 is 0. The van der Waals surface area contributed by atoms with Crippen molar-refractivity contribution in [3.8, 4) is 0 Å². The van der Waals surface area contributed by atoms with Gasteiger partial charge in [0.05, 0.1) is 6.54 Å². The van der Waals surface area contributed by atoms with Crippen LogP contribution in [0.25, 0.3) is 0 Å². The SMILES string of the molecule is C1=CNNC1.C1=NCCO1. The van der Waals surface area contributed by atoms with Crippen molar-refractivity contribution in [3.05, 3.63) is 12.3 Å². The van der Waals surface area contributed by atoms with Gasteiger partial charge in [0.2, 0.25) is 0 Å². The molecule has 0 spiro atoms. The van der Waals surface area contributed by atoms with Gasteiger partial charge in [-0.05, 0) is 0 Å². The third-order valence-corrected chi connectivity index (χ3v) is 1.01. The van der Waals surface area contributed by atoms with E-state index in [1.165, 1.54) is 6.40 Å². The van der Waals surface area contributed by atoms with E-state index in [1.807, 2.05) is 12.3 Å². The molecule has 56 valence electrons. The van der Waals surface area contributed by atoms with Gasteiger partial charge in [-0.25, -0.2) is 5.43 Å². The second-order valence-corrected chi connectivity index (χ2v) is 1.81. The van der Waals surface area contributed by atoms with Crippen LogP contribution in [0.5, 0.6) is 0 Å². The lowest BCUT2D eigenvalue weighted by molar-refractivity contribution is 0.361. The van der Waals surface area contributed by atoms with Crippen molar-refractivity contribution in [2.24, 2.45) is 4.99 Å². The summed E-state index contributed by atoms with van der Waals surface area (Å²) in [6.45, 7) is 2.58. The van der Waals surface area contributed by atoms with Crippen LogP contribution in [0.15, 0.2) is 17.3 Å². The standard InChI is InChI=1S/C3H6N2.C3H5NO/c1-2-4-5-3-1;1-2-5-3-4-1/h1-2,4-5H,3H2;3H,1-2H2. The number of nitrogens with one attached hydrogen (secondary N) is 2. The van der Waals surface area contributed by atoms with Crippen LogP contribution < -0.4 is 10.9 Å². The van der Waals surface area contributed by atoms with Gasteiger partial charge in [-0.15, -0.1) is 0 Å². The zero-order chi connectivity index (χ0) is 7.07. The average Bonchev–Trinajstić information content (AvgIpc) is 2.67. The van der Waals surface area contributed by atoms with Gasteiger partial charge in [-0.3, -0.25) is 4.99 Å². The highest BCUT2D eigenvalue weighted by atomic mass is 16.5. The highest BCUT2D eigenvalue weighted by Crippen LogP contribution is 1.78. The topological polar surface area (TPSA) is 45.7 Å². The van der Waals surface area contributed by atoms with E-state index >= 15 is 0 Å². The first-order valence-corrected chi connectivity index (χ1v) is 3.23. The Bertz CT molecular complexity index is 105. The zero-order valence-corrected chi connectivity index (χ0v) is 5.71. The highest BCUT2D eigenvalue weighted by molar-refractivity contribution is 5.47. The molecule has 0 saturated carbocycles. The minimum Gasteiger partial charge on any atom is -0.482 e. The first kappa shape index (κ1) is 7.08. The molecule has 2 N–H and O–H groups in total. The van der Waals surface area contributed by atoms with Gasteiger partial charge >= 0.3 is 0 Å². The van der Waals surface area contributed by atoms with E-state index in [1.54, 1.807) is 0 Å². The maximum Gasteiger partial charge on any atom is 0.169 e. The van der Waals surface area contributed by atoms with E-state index in [9.17, 15) is 0 Å². The van der Waals surface area contributed by atoms with Crippen LogP contribution in [0.4, 0.5) is 0 Å².